The highest BCUT2D eigenvalue weighted by atomic mass is 16.3. The molecule has 0 fully saturated rings. The zero-order valence-electron chi connectivity index (χ0n) is 141. The minimum absolute atomic E-state index is 0.0345. The molecule has 30 aromatic rings. The van der Waals surface area contributed by atoms with E-state index in [1.165, 1.54) is 0 Å². The molecule has 0 saturated heterocycles. The summed E-state index contributed by atoms with van der Waals surface area (Å²) in [6.07, 6.45) is 0. The van der Waals surface area contributed by atoms with Gasteiger partial charge in [-0.05, 0) is 302 Å². The molecular weight excluding hydrogens is 1710 g/mol. The smallest absolute Gasteiger partial charge is 0.136 e. The van der Waals surface area contributed by atoms with Crippen molar-refractivity contribution in [1.29, 1.82) is 0 Å². The van der Waals surface area contributed by atoms with Crippen molar-refractivity contribution >= 4 is 195 Å². The van der Waals surface area contributed by atoms with Crippen LogP contribution in [0.25, 0.3) is 295 Å². The third-order valence-corrected chi connectivity index (χ3v) is 24.3. The normalized spacial score (nSPS) is 18.8. The van der Waals surface area contributed by atoms with Crippen LogP contribution in [0.1, 0.15) is 96.0 Å². The second kappa shape index (κ2) is 33.2. The zero-order valence-corrected chi connectivity index (χ0v) is 71.3. The molecule has 0 aliphatic heterocycles. The molecule has 27 aromatic carbocycles. The minimum Gasteiger partial charge on any atom is -0.456 e. The van der Waals surface area contributed by atoms with E-state index in [2.05, 4.69) is 0 Å². The molecular formula is C138H84O3. The fraction of sp³-hybridized carbons (Fsp3) is 0. The summed E-state index contributed by atoms with van der Waals surface area (Å²) >= 11 is 0. The molecule has 3 aromatic heterocycles. The van der Waals surface area contributed by atoms with Crippen LogP contribution in [0.3, 0.4) is 0 Å². The van der Waals surface area contributed by atoms with Crippen LogP contribution in [-0.4, -0.2) is 0 Å². The number of benzene rings is 27. The molecule has 3 heteroatoms. The Labute approximate surface area is 910 Å². The summed E-state index contributed by atoms with van der Waals surface area (Å²) in [6, 6.07) is -33.0. The number of rotatable bonds is 9. The van der Waals surface area contributed by atoms with Crippen LogP contribution in [0.2, 0.25) is 0 Å². The first-order chi connectivity index (χ1) is 99.1. The molecule has 0 amide bonds. The highest BCUT2D eigenvalue weighted by molar-refractivity contribution is 6.28. The van der Waals surface area contributed by atoms with E-state index >= 15 is 0 Å². The van der Waals surface area contributed by atoms with E-state index in [9.17, 15) is 35.6 Å². The topological polar surface area (TPSA) is 39.4 Å². The quantitative estimate of drug-likeness (QED) is 0.135. The Balaban J connectivity index is 0.000000140. The molecule has 0 radical (unpaired) electrons. The lowest BCUT2D eigenvalue weighted by atomic mass is 9.84. The molecule has 141 heavy (non-hydrogen) atoms. The summed E-state index contributed by atoms with van der Waals surface area (Å²) < 4.78 is 646. The Morgan fingerprint density at radius 1 is 0.135 bits per heavy atom. The predicted octanol–water partition coefficient (Wildman–Crippen LogP) is 39.6. The van der Waals surface area contributed by atoms with Crippen molar-refractivity contribution in [3.05, 3.63) is 508 Å². The SMILES string of the molecule is [2H]c1c([2H])c(-c2c3c([2H])c([2H])c([2H])c([2H])c3c(-c3c([2H])c([2H])c4c([2H])c([2H])c([2H])c([2H])c4c3[2H])c3c([2H])c([2H])c([2H])c([2H])c23)c([2H])c([2H])c1-c1c([2H])c([2H])c2oc3c([2H])c([2H])c4c([2H])c([2H])c([2H])c([2H])c4c3c2c1[2H].[2H]c1c([2H])c([2H])c2c([2H])c(-c3c4c([2H])c([2H])c([2H])c([2H])c4c(-c4cccc(-c5ccc6oc7ccc8ccccc8c7c6c5)c4)c4c([2H])c([2H])c([2H])c([2H])c34)c([2H])c([2H])c2c1[2H].[2H]c1cc2c(-c3c([2H])c([2H])c(-c4c([2H])c([2H])c5oc6c([2H])c([2H])c7c([2H])c([2H])c([2H])c([2H])c7c6c5c4[2H])c([2H])c3[2H])c3c([2H])c([2H])c([2H])c([2H])c3c(-c3c([2H])c([2H])c([2H])c4c([2H])c([2H])c([2H])c([2H])c34)c2c([2H])c1[2H]. The van der Waals surface area contributed by atoms with Crippen LogP contribution in [0.4, 0.5) is 0 Å². The van der Waals surface area contributed by atoms with Crippen LogP contribution >= 0.6 is 0 Å². The van der Waals surface area contributed by atoms with E-state index in [4.69, 9.17) is 73.6 Å². The first-order valence-corrected chi connectivity index (χ1v) is 42.8. The maximum Gasteiger partial charge on any atom is 0.136 e. The minimum atomic E-state index is -1.10. The molecule has 3 nitrogen and oxygen atoms in total. The van der Waals surface area contributed by atoms with Gasteiger partial charge in [0.05, 0.1) is 96.0 Å². The third kappa shape index (κ3) is 13.6. The summed E-state index contributed by atoms with van der Waals surface area (Å²) in [5.74, 6) is 0. The van der Waals surface area contributed by atoms with E-state index < -0.39 is 620 Å². The zero-order chi connectivity index (χ0) is 154. The summed E-state index contributed by atoms with van der Waals surface area (Å²) in [6.45, 7) is 0. The fourth-order valence-corrected chi connectivity index (χ4v) is 18.2. The van der Waals surface area contributed by atoms with Crippen LogP contribution < -0.4 is 0 Å². The maximum absolute atomic E-state index is 9.61. The van der Waals surface area contributed by atoms with Gasteiger partial charge in [-0.1, -0.05) is 435 Å². The van der Waals surface area contributed by atoms with Gasteiger partial charge in [0.1, 0.15) is 33.5 Å². The van der Waals surface area contributed by atoms with Crippen molar-refractivity contribution in [3.8, 4) is 100 Å². The molecule has 0 aliphatic rings. The molecule has 0 aliphatic carbocycles. The van der Waals surface area contributed by atoms with Crippen molar-refractivity contribution in [2.24, 2.45) is 0 Å². The first-order valence-electron chi connectivity index (χ1n) is 77.8. The lowest BCUT2D eigenvalue weighted by Gasteiger charge is -2.19. The van der Waals surface area contributed by atoms with Gasteiger partial charge in [0.25, 0.3) is 0 Å². The maximum atomic E-state index is 9.61. The Morgan fingerprint density at radius 2 is 0.475 bits per heavy atom. The van der Waals surface area contributed by atoms with Gasteiger partial charge < -0.3 is 13.3 Å². The van der Waals surface area contributed by atoms with E-state index in [-0.39, 0.29) is 48.8 Å². The van der Waals surface area contributed by atoms with Gasteiger partial charge in [0.15, 0.2) is 0 Å². The fourth-order valence-electron chi connectivity index (χ4n) is 18.2. The second-order valence-electron chi connectivity index (χ2n) is 31.9. The average Bonchev–Trinajstić information content (AvgIpc) is 1.58. The number of hydrogen-bond donors (Lipinski definition) is 0. The highest BCUT2D eigenvalue weighted by Crippen LogP contribution is 2.52. The van der Waals surface area contributed by atoms with Gasteiger partial charge in [0.2, 0.25) is 0 Å². The Hall–Kier alpha value is -18.5. The first kappa shape index (κ1) is 37.5. The van der Waals surface area contributed by atoms with E-state index in [1.807, 2.05) is 60.7 Å². The molecule has 3 heterocycles. The second-order valence-corrected chi connectivity index (χ2v) is 31.9. The summed E-state index contributed by atoms with van der Waals surface area (Å²) in [5.41, 5.74) is -8.68. The Morgan fingerprint density at radius 3 is 0.986 bits per heavy atom. The summed E-state index contributed by atoms with van der Waals surface area (Å²) in [7, 11) is 0. The highest BCUT2D eigenvalue weighted by Gasteiger charge is 2.25. The molecule has 0 N–H and O–H groups in total. The number of hydrogen-bond acceptors (Lipinski definition) is 3. The van der Waals surface area contributed by atoms with Crippen LogP contribution in [0, 0.1) is 0 Å². The lowest BCUT2D eigenvalue weighted by Crippen LogP contribution is -1.91. The van der Waals surface area contributed by atoms with Gasteiger partial charge in [-0.25, -0.2) is 0 Å². The monoisotopic (exact) mass is 1860 g/mol. The summed E-state index contributed by atoms with van der Waals surface area (Å²) in [4.78, 5) is 0. The van der Waals surface area contributed by atoms with Crippen LogP contribution in [-0.2, 0) is 0 Å². The van der Waals surface area contributed by atoms with E-state index in [1.54, 1.807) is 18.2 Å². The third-order valence-electron chi connectivity index (χ3n) is 24.3. The van der Waals surface area contributed by atoms with E-state index in [0.717, 1.165) is 33.2 Å². The van der Waals surface area contributed by atoms with Gasteiger partial charge in [-0.15, -0.1) is 0 Å². The molecule has 0 atom stereocenters. The molecule has 0 spiro atoms. The molecule has 0 bridgehead atoms. The van der Waals surface area contributed by atoms with Crippen molar-refractivity contribution in [2.75, 3.05) is 0 Å². The Bertz CT molecular complexity index is 14800. The summed E-state index contributed by atoms with van der Waals surface area (Å²) in [5, 5.41) is -8.92. The standard InChI is InChI=1S/3C46H28O/c1-3-13-34-30(10-1)12-9-19-36(34)45-39-17-7-5-15-37(39)44(38-16-6-8-18-40(38)45)32-22-20-29(21-23-32)33-25-26-42-41(28-33)46-35-14-4-2-11-31(35)24-27-43(46)47-42;1-2-12-31-26-35(21-20-29(31)10-1)45-39-18-7-5-16-37(39)44(38-17-6-8-19-40(38)45)34-14-9-13-32(27-34)33-23-24-42-41(28-33)46-36-15-4-3-11-30(36)22-25-43(46)47-42;1-2-11-33-27-35(22-19-29(33)9-1)45-39-15-7-5-13-37(39)44(38-14-6-8-16-40(38)45)32-20-17-30(18-21-32)34-24-25-42-41(28-34)46-36-12-4-3-10-31(36)23-26-43(46)47-42/h3*1-28H/i1D,2D,3D,4D,5D,6D,7D,8D,9D,10D,11D,12D,13D,14D,15D,17D,18D,19D,20D,21D,22D,23D,24D,25D,26D,27D,28D;1D,2D,5D,6D,7D,8D,10D,12D,16D,17D,18D,19D,20D,21D,26D;1D,2D,3D,4D,5D,6D,7D,8D,9D,10D,11D,12D,13D,14D,15D,16D,17D,18D,19D,20D,21D,22D,23D,24D,25D,26D,27D,28D. The number of fused-ring (bicyclic) bond motifs is 24. The van der Waals surface area contributed by atoms with Crippen LogP contribution in [0.5, 0.6) is 0 Å². The van der Waals surface area contributed by atoms with Crippen molar-refractivity contribution in [1.82, 2.24) is 0 Å². The van der Waals surface area contributed by atoms with Crippen molar-refractivity contribution in [3.63, 3.8) is 0 Å². The van der Waals surface area contributed by atoms with Gasteiger partial charge in [-0.2, -0.15) is 0 Å². The largest absolute Gasteiger partial charge is 0.456 e. The predicted molar refractivity (Wildman–Crippen MR) is 600 cm³/mol. The molecule has 0 saturated carbocycles. The average molecular weight is 1860 g/mol. The van der Waals surface area contributed by atoms with Crippen LogP contribution in [0.15, 0.2) is 521 Å². The Kier molecular flexibility index (Phi) is 8.83. The lowest BCUT2D eigenvalue weighted by molar-refractivity contribution is 0.669. The van der Waals surface area contributed by atoms with Gasteiger partial charge in [0, 0.05) is 32.3 Å². The molecule has 654 valence electrons. The van der Waals surface area contributed by atoms with Crippen molar-refractivity contribution in [2.45, 2.75) is 0 Å². The van der Waals surface area contributed by atoms with Crippen molar-refractivity contribution < 1.29 is 109 Å². The molecule has 0 unspecified atom stereocenters. The van der Waals surface area contributed by atoms with Gasteiger partial charge in [-0.3, -0.25) is 0 Å². The molecule has 30 rings (SSSR count). The van der Waals surface area contributed by atoms with Gasteiger partial charge >= 0.3 is 0 Å². The number of furan rings is 3. The van der Waals surface area contributed by atoms with E-state index in [0.29, 0.717) is 22.3 Å².